The van der Waals surface area contributed by atoms with Crippen molar-refractivity contribution in [3.8, 4) is 0 Å². The molecule has 0 spiro atoms. The zero-order valence-corrected chi connectivity index (χ0v) is 17.5. The molecule has 2 aliphatic rings. The highest BCUT2D eigenvalue weighted by Crippen LogP contribution is 2.62. The van der Waals surface area contributed by atoms with Crippen LogP contribution in [-0.4, -0.2) is 39.2 Å². The van der Waals surface area contributed by atoms with Crippen LogP contribution in [0.1, 0.15) is 63.8 Å². The Morgan fingerprint density at radius 2 is 2.10 bits per heavy atom. The second-order valence-corrected chi connectivity index (χ2v) is 9.55. The molecule has 5 heteroatoms. The second-order valence-electron chi connectivity index (χ2n) is 9.55. The van der Waals surface area contributed by atoms with Gasteiger partial charge in [-0.15, -0.1) is 0 Å². The lowest BCUT2D eigenvalue weighted by atomic mass is 9.80. The van der Waals surface area contributed by atoms with Crippen molar-refractivity contribution < 1.29 is 14.3 Å². The molecule has 2 aromatic rings. The van der Waals surface area contributed by atoms with E-state index >= 15 is 0 Å². The Bertz CT molecular complexity index is 936. The molecule has 1 aromatic heterocycles. The lowest BCUT2D eigenvalue weighted by molar-refractivity contribution is -0.131. The number of hydrogen-bond acceptors (Lipinski definition) is 2. The van der Waals surface area contributed by atoms with Crippen molar-refractivity contribution in [2.75, 3.05) is 6.54 Å². The molecule has 2 unspecified atom stereocenters. The van der Waals surface area contributed by atoms with Crippen LogP contribution >= 0.6 is 0 Å². The Morgan fingerprint density at radius 1 is 1.38 bits per heavy atom. The van der Waals surface area contributed by atoms with Crippen molar-refractivity contribution in [1.82, 2.24) is 9.88 Å². The fourth-order valence-electron chi connectivity index (χ4n) is 5.22. The van der Waals surface area contributed by atoms with Gasteiger partial charge in [0.05, 0.1) is 6.04 Å². The number of H-pyrrole nitrogens is 1. The number of rotatable bonds is 7. The summed E-state index contributed by atoms with van der Waals surface area (Å²) in [5.74, 6) is -0.903. The third-order valence-corrected chi connectivity index (χ3v) is 6.62. The molecule has 1 aliphatic heterocycles. The fourth-order valence-corrected chi connectivity index (χ4v) is 5.22. The molecule has 1 saturated carbocycles. The number of allylic oxidation sites excluding steroid dienone is 1. The van der Waals surface area contributed by atoms with Crippen LogP contribution in [0.4, 0.5) is 4.39 Å². The van der Waals surface area contributed by atoms with Crippen molar-refractivity contribution >= 4 is 16.9 Å². The molecule has 2 heterocycles. The first kappa shape index (κ1) is 20.1. The molecule has 0 saturated heterocycles. The van der Waals surface area contributed by atoms with Gasteiger partial charge in [-0.1, -0.05) is 24.3 Å². The number of nitrogens with zero attached hydrogens (tertiary/aromatic N) is 1. The van der Waals surface area contributed by atoms with Gasteiger partial charge in [0.15, 0.2) is 0 Å². The summed E-state index contributed by atoms with van der Waals surface area (Å²) in [6.07, 6.45) is 7.76. The second kappa shape index (κ2) is 7.28. The van der Waals surface area contributed by atoms with Gasteiger partial charge in [0.2, 0.25) is 0 Å². The van der Waals surface area contributed by atoms with E-state index < -0.39 is 11.6 Å². The number of alkyl halides is 1. The van der Waals surface area contributed by atoms with Crippen molar-refractivity contribution in [3.63, 3.8) is 0 Å². The van der Waals surface area contributed by atoms with E-state index in [0.717, 1.165) is 37.6 Å². The summed E-state index contributed by atoms with van der Waals surface area (Å²) in [7, 11) is 0. The van der Waals surface area contributed by atoms with E-state index in [0.29, 0.717) is 6.54 Å². The van der Waals surface area contributed by atoms with Crippen LogP contribution in [0, 0.1) is 5.41 Å². The number of hydrogen-bond donors (Lipinski definition) is 2. The maximum atomic E-state index is 14.8. The minimum Gasteiger partial charge on any atom is -0.478 e. The van der Waals surface area contributed by atoms with Crippen LogP contribution in [0.5, 0.6) is 0 Å². The van der Waals surface area contributed by atoms with Gasteiger partial charge >= 0.3 is 5.97 Å². The molecular weight excluding hydrogens is 367 g/mol. The number of fused-ring (bicyclic) bond motifs is 3. The summed E-state index contributed by atoms with van der Waals surface area (Å²) in [6.45, 7) is 5.93. The molecule has 1 aliphatic carbocycles. The zero-order valence-electron chi connectivity index (χ0n) is 17.5. The number of carbonyl (C=O) groups is 1. The highest BCUT2D eigenvalue weighted by atomic mass is 19.1. The van der Waals surface area contributed by atoms with Crippen LogP contribution in [0.15, 0.2) is 36.4 Å². The van der Waals surface area contributed by atoms with E-state index in [-0.39, 0.29) is 17.5 Å². The summed E-state index contributed by atoms with van der Waals surface area (Å²) >= 11 is 0. The summed E-state index contributed by atoms with van der Waals surface area (Å²) in [5, 5.41) is 10.2. The SMILES string of the molecule is CC1Cc2c([nH]c3ccccc23)C(C2(CC/C=C/C(=O)O)CC2)N1CC(C)(C)F. The maximum Gasteiger partial charge on any atom is 0.327 e. The first-order valence-corrected chi connectivity index (χ1v) is 10.6. The zero-order chi connectivity index (χ0) is 20.8. The molecule has 4 nitrogen and oxygen atoms in total. The van der Waals surface area contributed by atoms with Crippen molar-refractivity contribution in [2.45, 2.75) is 70.6 Å². The van der Waals surface area contributed by atoms with Crippen molar-refractivity contribution in [3.05, 3.63) is 47.7 Å². The van der Waals surface area contributed by atoms with Crippen molar-refractivity contribution in [1.29, 1.82) is 0 Å². The van der Waals surface area contributed by atoms with E-state index in [1.165, 1.54) is 22.7 Å². The molecular formula is C24H31FN2O2. The minimum atomic E-state index is -1.27. The van der Waals surface area contributed by atoms with Crippen LogP contribution in [0.25, 0.3) is 10.9 Å². The molecule has 1 fully saturated rings. The molecule has 0 radical (unpaired) electrons. The average molecular weight is 399 g/mol. The number of carboxylic acids is 1. The van der Waals surface area contributed by atoms with Gasteiger partial charge in [0.1, 0.15) is 5.67 Å². The van der Waals surface area contributed by atoms with Gasteiger partial charge in [-0.05, 0) is 69.9 Å². The summed E-state index contributed by atoms with van der Waals surface area (Å²) in [4.78, 5) is 16.9. The highest BCUT2D eigenvalue weighted by molar-refractivity contribution is 5.85. The molecule has 0 amide bonds. The Balaban J connectivity index is 1.73. The first-order chi connectivity index (χ1) is 13.7. The molecule has 1 aromatic carbocycles. The third kappa shape index (κ3) is 3.97. The summed E-state index contributed by atoms with van der Waals surface area (Å²) in [6, 6.07) is 8.83. The first-order valence-electron chi connectivity index (χ1n) is 10.6. The van der Waals surface area contributed by atoms with Crippen LogP contribution in [-0.2, 0) is 11.2 Å². The van der Waals surface area contributed by atoms with Gasteiger partial charge < -0.3 is 10.1 Å². The van der Waals surface area contributed by atoms with E-state index in [1.807, 2.05) is 0 Å². The largest absolute Gasteiger partial charge is 0.478 e. The number of nitrogens with one attached hydrogen (secondary N) is 1. The normalized spacial score (nSPS) is 24.1. The van der Waals surface area contributed by atoms with Gasteiger partial charge in [0.25, 0.3) is 0 Å². The predicted molar refractivity (Wildman–Crippen MR) is 114 cm³/mol. The molecule has 0 bridgehead atoms. The van der Waals surface area contributed by atoms with Crippen molar-refractivity contribution in [2.24, 2.45) is 5.41 Å². The molecule has 2 N–H and O–H groups in total. The maximum absolute atomic E-state index is 14.8. The number of aromatic nitrogens is 1. The number of aliphatic carboxylic acids is 1. The van der Waals surface area contributed by atoms with Gasteiger partial charge in [-0.2, -0.15) is 0 Å². The number of carboxylic acid groups (broad SMARTS) is 1. The third-order valence-electron chi connectivity index (χ3n) is 6.62. The van der Waals surface area contributed by atoms with Gasteiger partial charge in [0, 0.05) is 35.3 Å². The van der Waals surface area contributed by atoms with Gasteiger partial charge in [-0.25, -0.2) is 9.18 Å². The lowest BCUT2D eigenvalue weighted by Gasteiger charge is -2.46. The monoisotopic (exact) mass is 398 g/mol. The Kier molecular flexibility index (Phi) is 5.06. The molecule has 29 heavy (non-hydrogen) atoms. The average Bonchev–Trinajstić information content (AvgIpc) is 3.33. The molecule has 2 atom stereocenters. The highest BCUT2D eigenvalue weighted by Gasteiger charge is 2.55. The Labute approximate surface area is 171 Å². The van der Waals surface area contributed by atoms with Crippen LogP contribution in [0.3, 0.4) is 0 Å². The standard InChI is InChI=1S/C24H31FN2O2/c1-16-14-18-17-8-4-5-9-19(17)26-21(18)22(27(16)15-23(2,3)25)24(12-13-24)11-7-6-10-20(28)29/h4-6,8-10,16,22,26H,7,11-15H2,1-3H3,(H,28,29)/b10-6+. The number of para-hydroxylation sites is 1. The summed E-state index contributed by atoms with van der Waals surface area (Å²) < 4.78 is 14.8. The Hall–Kier alpha value is -2.14. The predicted octanol–water partition coefficient (Wildman–Crippen LogP) is 5.40. The topological polar surface area (TPSA) is 56.3 Å². The fraction of sp³-hybridized carbons (Fsp3) is 0.542. The van der Waals surface area contributed by atoms with Crippen LogP contribution < -0.4 is 0 Å². The van der Waals surface area contributed by atoms with Gasteiger partial charge in [-0.3, -0.25) is 4.90 Å². The van der Waals surface area contributed by atoms with E-state index in [1.54, 1.807) is 19.9 Å². The Morgan fingerprint density at radius 3 is 2.76 bits per heavy atom. The number of aromatic amines is 1. The number of halogens is 1. The summed E-state index contributed by atoms with van der Waals surface area (Å²) in [5.41, 5.74) is 2.58. The smallest absolute Gasteiger partial charge is 0.327 e. The molecule has 4 rings (SSSR count). The molecule has 156 valence electrons. The minimum absolute atomic E-state index is 0.0817. The number of benzene rings is 1. The van der Waals surface area contributed by atoms with E-state index in [4.69, 9.17) is 5.11 Å². The quantitative estimate of drug-likeness (QED) is 0.614. The van der Waals surface area contributed by atoms with E-state index in [2.05, 4.69) is 41.1 Å². The van der Waals surface area contributed by atoms with Crippen LogP contribution in [0.2, 0.25) is 0 Å². The lowest BCUT2D eigenvalue weighted by Crippen LogP contribution is -2.50. The van der Waals surface area contributed by atoms with E-state index in [9.17, 15) is 9.18 Å².